The first-order valence-corrected chi connectivity index (χ1v) is 13.8. The van der Waals surface area contributed by atoms with Crippen LogP contribution in [0.1, 0.15) is 37.0 Å². The van der Waals surface area contributed by atoms with Crippen molar-refractivity contribution in [2.45, 2.75) is 56.1 Å². The van der Waals surface area contributed by atoms with Crippen LogP contribution in [0.25, 0.3) is 0 Å². The molecule has 176 valence electrons. The van der Waals surface area contributed by atoms with Crippen molar-refractivity contribution in [1.82, 2.24) is 9.03 Å². The minimum Gasteiger partial charge on any atom is -0.207 e. The molecule has 0 radical (unpaired) electrons. The summed E-state index contributed by atoms with van der Waals surface area (Å²) in [6, 6.07) is 22.1. The van der Waals surface area contributed by atoms with Crippen molar-refractivity contribution >= 4 is 20.0 Å². The van der Waals surface area contributed by atoms with E-state index in [0.29, 0.717) is 6.42 Å². The summed E-state index contributed by atoms with van der Waals surface area (Å²) in [5.41, 5.74) is 2.84. The van der Waals surface area contributed by atoms with Gasteiger partial charge in [-0.2, -0.15) is 4.31 Å². The van der Waals surface area contributed by atoms with Gasteiger partial charge in [-0.3, -0.25) is 0 Å². The molecule has 0 spiro atoms. The average molecular weight is 487 g/mol. The highest BCUT2D eigenvalue weighted by molar-refractivity contribution is 7.89. The Labute approximate surface area is 197 Å². The number of nitrogens with zero attached hydrogens (tertiary/aromatic N) is 1. The monoisotopic (exact) mass is 486 g/mol. The molecular formula is C25H30N2O4S2. The maximum absolute atomic E-state index is 13.4. The van der Waals surface area contributed by atoms with E-state index in [1.54, 1.807) is 0 Å². The number of hydrogen-bond acceptors (Lipinski definition) is 4. The zero-order valence-electron chi connectivity index (χ0n) is 19.1. The molecule has 0 saturated carbocycles. The van der Waals surface area contributed by atoms with Crippen LogP contribution in [0.5, 0.6) is 0 Å². The number of hydrogen-bond donors (Lipinski definition) is 1. The molecule has 0 saturated heterocycles. The van der Waals surface area contributed by atoms with E-state index in [1.165, 1.54) is 28.6 Å². The first kappa shape index (κ1) is 25.1. The summed E-state index contributed by atoms with van der Waals surface area (Å²) >= 11 is 0. The van der Waals surface area contributed by atoms with E-state index in [9.17, 15) is 16.8 Å². The molecule has 0 aromatic heterocycles. The SMILES string of the molecule is CCC(C)N(Cc1ccc(C)cc1)S(=O)(=O)c1ccc(S(=O)(=O)NCc2ccccc2)cc1. The molecule has 8 heteroatoms. The third kappa shape index (κ3) is 6.29. The van der Waals surface area contributed by atoms with Gasteiger partial charge in [-0.15, -0.1) is 0 Å². The van der Waals surface area contributed by atoms with Gasteiger partial charge in [0.2, 0.25) is 20.0 Å². The second kappa shape index (κ2) is 10.6. The topological polar surface area (TPSA) is 83.6 Å². The van der Waals surface area contributed by atoms with E-state index >= 15 is 0 Å². The summed E-state index contributed by atoms with van der Waals surface area (Å²) in [4.78, 5) is 0.0860. The lowest BCUT2D eigenvalue weighted by Crippen LogP contribution is -2.37. The van der Waals surface area contributed by atoms with Gasteiger partial charge in [0.15, 0.2) is 0 Å². The van der Waals surface area contributed by atoms with E-state index in [2.05, 4.69) is 4.72 Å². The molecule has 0 amide bonds. The Morgan fingerprint density at radius 2 is 1.36 bits per heavy atom. The van der Waals surface area contributed by atoms with Crippen molar-refractivity contribution in [3.05, 3.63) is 95.6 Å². The second-order valence-electron chi connectivity index (χ2n) is 8.07. The fraction of sp³-hybridized carbons (Fsp3) is 0.280. The Kier molecular flexibility index (Phi) is 8.07. The van der Waals surface area contributed by atoms with Crippen molar-refractivity contribution < 1.29 is 16.8 Å². The predicted molar refractivity (Wildman–Crippen MR) is 131 cm³/mol. The standard InChI is InChI=1S/C25H30N2O4S2/c1-4-21(3)27(19-23-12-10-20(2)11-13-23)33(30,31)25-16-14-24(15-17-25)32(28,29)26-18-22-8-6-5-7-9-22/h5-17,21,26H,4,18-19H2,1-3H3. The summed E-state index contributed by atoms with van der Waals surface area (Å²) in [6.07, 6.45) is 0.654. The summed E-state index contributed by atoms with van der Waals surface area (Å²) in [6.45, 7) is 6.20. The summed E-state index contributed by atoms with van der Waals surface area (Å²) in [5.74, 6) is 0. The van der Waals surface area contributed by atoms with Crippen molar-refractivity contribution in [1.29, 1.82) is 0 Å². The maximum Gasteiger partial charge on any atom is 0.243 e. The Balaban J connectivity index is 1.82. The fourth-order valence-electron chi connectivity index (χ4n) is 3.34. The molecule has 1 unspecified atom stereocenters. The molecule has 0 fully saturated rings. The summed E-state index contributed by atoms with van der Waals surface area (Å²) in [7, 11) is -7.59. The van der Waals surface area contributed by atoms with Gasteiger partial charge in [0.25, 0.3) is 0 Å². The number of benzene rings is 3. The Morgan fingerprint density at radius 3 is 1.94 bits per heavy atom. The van der Waals surface area contributed by atoms with Crippen LogP contribution in [0.4, 0.5) is 0 Å². The lowest BCUT2D eigenvalue weighted by atomic mass is 10.1. The van der Waals surface area contributed by atoms with Gasteiger partial charge >= 0.3 is 0 Å². The largest absolute Gasteiger partial charge is 0.243 e. The van der Waals surface area contributed by atoms with Gasteiger partial charge in [0.05, 0.1) is 9.79 Å². The van der Waals surface area contributed by atoms with Gasteiger partial charge in [-0.25, -0.2) is 21.6 Å². The van der Waals surface area contributed by atoms with Crippen LogP contribution in [0.2, 0.25) is 0 Å². The highest BCUT2D eigenvalue weighted by atomic mass is 32.2. The van der Waals surface area contributed by atoms with E-state index in [0.717, 1.165) is 16.7 Å². The summed E-state index contributed by atoms with van der Waals surface area (Å²) < 4.78 is 56.2. The van der Waals surface area contributed by atoms with Crippen LogP contribution in [-0.4, -0.2) is 27.2 Å². The molecule has 3 aromatic carbocycles. The van der Waals surface area contributed by atoms with Crippen molar-refractivity contribution in [2.75, 3.05) is 0 Å². The van der Waals surface area contributed by atoms with Crippen LogP contribution < -0.4 is 4.72 Å². The first-order chi connectivity index (χ1) is 15.6. The smallest absolute Gasteiger partial charge is 0.207 e. The Bertz CT molecular complexity index is 1260. The molecule has 33 heavy (non-hydrogen) atoms. The number of sulfonamides is 2. The van der Waals surface area contributed by atoms with Crippen molar-refractivity contribution in [3.8, 4) is 0 Å². The van der Waals surface area contributed by atoms with Gasteiger partial charge in [0.1, 0.15) is 0 Å². The fourth-order valence-corrected chi connectivity index (χ4v) is 6.05. The van der Waals surface area contributed by atoms with Crippen molar-refractivity contribution in [2.24, 2.45) is 0 Å². The van der Waals surface area contributed by atoms with Crippen LogP contribution >= 0.6 is 0 Å². The molecule has 3 aromatic rings. The highest BCUT2D eigenvalue weighted by Crippen LogP contribution is 2.24. The van der Waals surface area contributed by atoms with Crippen LogP contribution in [0.3, 0.4) is 0 Å². The minimum atomic E-state index is -3.82. The molecule has 1 atom stereocenters. The third-order valence-corrected chi connectivity index (χ3v) is 8.98. The Hall–Kier alpha value is -2.52. The highest BCUT2D eigenvalue weighted by Gasteiger charge is 2.29. The molecule has 0 heterocycles. The predicted octanol–water partition coefficient (Wildman–Crippen LogP) is 4.46. The molecule has 0 aliphatic rings. The number of aryl methyl sites for hydroxylation is 1. The zero-order valence-corrected chi connectivity index (χ0v) is 20.7. The molecule has 0 bridgehead atoms. The quantitative estimate of drug-likeness (QED) is 0.459. The molecule has 6 nitrogen and oxygen atoms in total. The van der Waals surface area contributed by atoms with Crippen molar-refractivity contribution in [3.63, 3.8) is 0 Å². The lowest BCUT2D eigenvalue weighted by molar-refractivity contribution is 0.323. The molecule has 0 aliphatic carbocycles. The van der Waals surface area contributed by atoms with E-state index in [1.807, 2.05) is 75.4 Å². The third-order valence-electron chi connectivity index (χ3n) is 5.59. The Morgan fingerprint density at radius 1 is 0.788 bits per heavy atom. The van der Waals surface area contributed by atoms with Crippen LogP contribution in [-0.2, 0) is 33.1 Å². The molecule has 3 rings (SSSR count). The average Bonchev–Trinajstić information content (AvgIpc) is 2.82. The van der Waals surface area contributed by atoms with Crippen LogP contribution in [0.15, 0.2) is 88.7 Å². The molecule has 1 N–H and O–H groups in total. The van der Waals surface area contributed by atoms with Gasteiger partial charge < -0.3 is 0 Å². The van der Waals surface area contributed by atoms with Crippen LogP contribution in [0, 0.1) is 6.92 Å². The summed E-state index contributed by atoms with van der Waals surface area (Å²) in [5, 5.41) is 0. The zero-order chi connectivity index (χ0) is 24.1. The number of rotatable bonds is 10. The second-order valence-corrected chi connectivity index (χ2v) is 11.7. The van der Waals surface area contributed by atoms with Gasteiger partial charge in [0, 0.05) is 19.1 Å². The minimum absolute atomic E-state index is 0.0194. The normalized spacial score (nSPS) is 13.2. The molecule has 0 aliphatic heterocycles. The maximum atomic E-state index is 13.4. The van der Waals surface area contributed by atoms with E-state index < -0.39 is 20.0 Å². The van der Waals surface area contributed by atoms with E-state index in [-0.39, 0.29) is 28.9 Å². The lowest BCUT2D eigenvalue weighted by Gasteiger charge is -2.28. The number of nitrogens with one attached hydrogen (secondary N) is 1. The van der Waals surface area contributed by atoms with Gasteiger partial charge in [-0.05, 0) is 55.7 Å². The first-order valence-electron chi connectivity index (χ1n) is 10.8. The van der Waals surface area contributed by atoms with Gasteiger partial charge in [-0.1, -0.05) is 67.1 Å². The van der Waals surface area contributed by atoms with E-state index in [4.69, 9.17) is 0 Å². The molecular weight excluding hydrogens is 456 g/mol.